The van der Waals surface area contributed by atoms with E-state index in [1.807, 2.05) is 38.1 Å². The largest absolute Gasteiger partial charge is 0.361 e. The van der Waals surface area contributed by atoms with E-state index in [2.05, 4.69) is 31.2 Å². The number of carbonyl (C=O) groups excluding carboxylic acids is 5. The molecule has 5 N–H and O–H groups in total. The summed E-state index contributed by atoms with van der Waals surface area (Å²) in [7, 11) is 3.10. The first-order chi connectivity index (χ1) is 21.4. The molecule has 0 aliphatic carbocycles. The summed E-state index contributed by atoms with van der Waals surface area (Å²) in [6.45, 7) is 6.05. The number of aromatic amines is 1. The van der Waals surface area contributed by atoms with Crippen molar-refractivity contribution in [1.29, 1.82) is 0 Å². The summed E-state index contributed by atoms with van der Waals surface area (Å²) in [5, 5.41) is 14.7. The molecule has 3 heterocycles. The van der Waals surface area contributed by atoms with E-state index in [-0.39, 0.29) is 42.9 Å². The van der Waals surface area contributed by atoms with Crippen LogP contribution < -0.4 is 21.3 Å². The number of rotatable bonds is 4. The molecular formula is C31H42N8O5S. The Labute approximate surface area is 266 Å². The van der Waals surface area contributed by atoms with Gasteiger partial charge in [0.15, 0.2) is 0 Å². The maximum absolute atomic E-state index is 13.8. The zero-order chi connectivity index (χ0) is 32.7. The van der Waals surface area contributed by atoms with E-state index in [0.29, 0.717) is 24.5 Å². The van der Waals surface area contributed by atoms with E-state index in [1.54, 1.807) is 25.5 Å². The molecule has 5 amide bonds. The van der Waals surface area contributed by atoms with E-state index in [9.17, 15) is 24.0 Å². The van der Waals surface area contributed by atoms with Crippen LogP contribution in [0.5, 0.6) is 0 Å². The predicted octanol–water partition coefficient (Wildman–Crippen LogP) is 1.19. The minimum Gasteiger partial charge on any atom is -0.361 e. The van der Waals surface area contributed by atoms with Crippen LogP contribution in [0, 0.1) is 5.92 Å². The Kier molecular flexibility index (Phi) is 11.3. The lowest BCUT2D eigenvalue weighted by molar-refractivity contribution is -0.138. The van der Waals surface area contributed by atoms with Gasteiger partial charge in [-0.1, -0.05) is 32.0 Å². The number of hydrogen-bond acceptors (Lipinski definition) is 8. The van der Waals surface area contributed by atoms with Crippen LogP contribution in [0.2, 0.25) is 0 Å². The molecule has 2 bridgehead atoms. The molecule has 3 aromatic rings. The van der Waals surface area contributed by atoms with Crippen molar-refractivity contribution in [2.45, 2.75) is 51.7 Å². The number of nitrogens with one attached hydrogen (secondary N) is 5. The third-order valence-electron chi connectivity index (χ3n) is 7.59. The first-order valence-corrected chi connectivity index (χ1v) is 15.9. The Balaban J connectivity index is 1.64. The number of H-pyrrole nitrogens is 1. The van der Waals surface area contributed by atoms with Crippen LogP contribution in [0.1, 0.15) is 54.3 Å². The lowest BCUT2D eigenvalue weighted by atomic mass is 10.0. The normalized spacial score (nSPS) is 21.8. The van der Waals surface area contributed by atoms with Gasteiger partial charge in [-0.3, -0.25) is 24.0 Å². The van der Waals surface area contributed by atoms with Gasteiger partial charge >= 0.3 is 0 Å². The number of amides is 5. The number of benzene rings is 1. The summed E-state index contributed by atoms with van der Waals surface area (Å²) in [4.78, 5) is 76.3. The molecule has 0 saturated heterocycles. The third kappa shape index (κ3) is 8.88. The molecular weight excluding hydrogens is 596 g/mol. The molecule has 0 spiro atoms. The van der Waals surface area contributed by atoms with Crippen molar-refractivity contribution in [2.75, 3.05) is 40.3 Å². The fourth-order valence-corrected chi connectivity index (χ4v) is 6.10. The number of fused-ring (bicyclic) bond motifs is 3. The minimum absolute atomic E-state index is 0.0333. The molecule has 0 radical (unpaired) electrons. The van der Waals surface area contributed by atoms with Gasteiger partial charge < -0.3 is 36.1 Å². The molecule has 0 fully saturated rings. The van der Waals surface area contributed by atoms with Crippen molar-refractivity contribution in [2.24, 2.45) is 5.92 Å². The van der Waals surface area contributed by atoms with Crippen LogP contribution in [0.4, 0.5) is 0 Å². The van der Waals surface area contributed by atoms with Crippen molar-refractivity contribution in [3.05, 3.63) is 52.1 Å². The maximum atomic E-state index is 13.8. The van der Waals surface area contributed by atoms with Gasteiger partial charge in [0, 0.05) is 56.1 Å². The van der Waals surface area contributed by atoms with Crippen molar-refractivity contribution < 1.29 is 24.0 Å². The second kappa shape index (κ2) is 15.1. The highest BCUT2D eigenvalue weighted by molar-refractivity contribution is 7.09. The monoisotopic (exact) mass is 638 g/mol. The number of nitrogens with zero attached hydrogens (tertiary/aromatic N) is 3. The van der Waals surface area contributed by atoms with E-state index in [0.717, 1.165) is 16.5 Å². The van der Waals surface area contributed by atoms with E-state index >= 15 is 0 Å². The molecule has 13 nitrogen and oxygen atoms in total. The summed E-state index contributed by atoms with van der Waals surface area (Å²) in [6.07, 6.45) is 2.58. The summed E-state index contributed by atoms with van der Waals surface area (Å²) in [5.41, 5.74) is 1.85. The number of para-hydroxylation sites is 1. The Morgan fingerprint density at radius 1 is 0.956 bits per heavy atom. The zero-order valence-electron chi connectivity index (χ0n) is 26.3. The molecule has 2 aromatic heterocycles. The highest BCUT2D eigenvalue weighted by Gasteiger charge is 2.29. The molecule has 0 saturated carbocycles. The summed E-state index contributed by atoms with van der Waals surface area (Å²) >= 11 is 1.27. The zero-order valence-corrected chi connectivity index (χ0v) is 27.1. The lowest BCUT2D eigenvalue weighted by Crippen LogP contribution is -2.53. The molecule has 1 aliphatic heterocycles. The molecule has 242 valence electrons. The van der Waals surface area contributed by atoms with Gasteiger partial charge in [0.2, 0.25) is 23.6 Å². The molecule has 0 unspecified atom stereocenters. The SMILES string of the molecule is CC(C)C[C@@H]1NC(=O)CNCCN(C)C(=O)[C@H](C)NC(=O)CN(C)C(=O)[C@@H](Cc2c[nH]c3ccccc23)NC(=O)c2csc1n2. The summed E-state index contributed by atoms with van der Waals surface area (Å²) in [5.74, 6) is -1.84. The maximum Gasteiger partial charge on any atom is 0.271 e. The average Bonchev–Trinajstić information content (AvgIpc) is 3.65. The number of carbonyl (C=O) groups is 5. The van der Waals surface area contributed by atoms with Crippen LogP contribution in [0.3, 0.4) is 0 Å². The van der Waals surface area contributed by atoms with Gasteiger partial charge in [0.1, 0.15) is 22.8 Å². The molecule has 4 rings (SSSR count). The van der Waals surface area contributed by atoms with Crippen molar-refractivity contribution in [3.8, 4) is 0 Å². The highest BCUT2D eigenvalue weighted by atomic mass is 32.1. The molecule has 45 heavy (non-hydrogen) atoms. The van der Waals surface area contributed by atoms with Crippen LogP contribution in [-0.4, -0.2) is 102 Å². The van der Waals surface area contributed by atoms with Gasteiger partial charge in [-0.05, 0) is 30.9 Å². The van der Waals surface area contributed by atoms with Gasteiger partial charge in [0.05, 0.1) is 19.1 Å². The van der Waals surface area contributed by atoms with Gasteiger partial charge in [-0.2, -0.15) is 0 Å². The fraction of sp³-hybridized carbons (Fsp3) is 0.484. The highest BCUT2D eigenvalue weighted by Crippen LogP contribution is 2.25. The number of aromatic nitrogens is 2. The standard InChI is InChI=1S/C31H42N8O5S/c1-18(2)12-23-29-37-25(17-45-29)28(42)36-24(13-20-14-33-22-9-7-6-8-21(20)22)31(44)39(5)16-27(41)34-19(3)30(43)38(4)11-10-32-15-26(40)35-23/h6-9,14,17-19,23-24,32-33H,10-13,15-16H2,1-5H3,(H,34,41)(H,35,40)(H,36,42)/t19-,23-,24+/m0/s1. The Bertz CT molecular complexity index is 1530. The molecule has 1 aromatic carbocycles. The Morgan fingerprint density at radius 2 is 1.71 bits per heavy atom. The second-order valence-electron chi connectivity index (χ2n) is 11.8. The molecule has 14 heteroatoms. The van der Waals surface area contributed by atoms with Crippen LogP contribution >= 0.6 is 11.3 Å². The summed E-state index contributed by atoms with van der Waals surface area (Å²) in [6, 6.07) is 5.39. The number of thiazole rings is 1. The first-order valence-electron chi connectivity index (χ1n) is 15.0. The first kappa shape index (κ1) is 33.6. The Morgan fingerprint density at radius 3 is 2.47 bits per heavy atom. The second-order valence-corrected chi connectivity index (χ2v) is 12.7. The predicted molar refractivity (Wildman–Crippen MR) is 171 cm³/mol. The van der Waals surface area contributed by atoms with Crippen LogP contribution in [0.15, 0.2) is 35.8 Å². The van der Waals surface area contributed by atoms with Gasteiger partial charge in [-0.25, -0.2) is 4.98 Å². The van der Waals surface area contributed by atoms with Gasteiger partial charge in [0.25, 0.3) is 5.91 Å². The van der Waals surface area contributed by atoms with Crippen LogP contribution in [-0.2, 0) is 25.6 Å². The summed E-state index contributed by atoms with van der Waals surface area (Å²) < 4.78 is 0. The fourth-order valence-electron chi connectivity index (χ4n) is 5.24. The minimum atomic E-state index is -1.02. The van der Waals surface area contributed by atoms with E-state index in [1.165, 1.54) is 28.2 Å². The van der Waals surface area contributed by atoms with Gasteiger partial charge in [-0.15, -0.1) is 11.3 Å². The quantitative estimate of drug-likeness (QED) is 0.286. The lowest BCUT2D eigenvalue weighted by Gasteiger charge is -2.26. The van der Waals surface area contributed by atoms with Crippen molar-refractivity contribution >= 4 is 51.8 Å². The van der Waals surface area contributed by atoms with Crippen molar-refractivity contribution in [1.82, 2.24) is 41.0 Å². The Hall–Kier alpha value is -4.30. The van der Waals surface area contributed by atoms with Crippen LogP contribution in [0.25, 0.3) is 10.9 Å². The number of hydrogen-bond donors (Lipinski definition) is 5. The molecule has 3 atom stereocenters. The third-order valence-corrected chi connectivity index (χ3v) is 8.55. The topological polar surface area (TPSA) is 169 Å². The average molecular weight is 639 g/mol. The molecule has 1 aliphatic rings. The van der Waals surface area contributed by atoms with E-state index in [4.69, 9.17) is 0 Å². The smallest absolute Gasteiger partial charge is 0.271 e. The van der Waals surface area contributed by atoms with Crippen molar-refractivity contribution in [3.63, 3.8) is 0 Å². The number of likely N-dealkylation sites (N-methyl/N-ethyl adjacent to an activating group) is 2. The van der Waals surface area contributed by atoms with E-state index < -0.39 is 35.8 Å².